The molecule has 3 rings (SSSR count). The Kier molecular flexibility index (Phi) is 6.46. The SMILES string of the molecule is CC1CCN(C(=O)[C@@H]2CCCN2C(=O)CCc2ccc(Cl)c(Cl)c2)CC1. The standard InChI is InChI=1S/C20H26Cl2N2O2/c1-14-8-11-23(12-9-14)20(26)18-3-2-10-24(18)19(25)7-5-15-4-6-16(21)17(22)13-15/h4,6,13-14,18H,2-3,5,7-12H2,1H3/t18-/m0/s1. The van der Waals surface area contributed by atoms with Crippen LogP contribution in [0.2, 0.25) is 10.0 Å². The first kappa shape index (κ1) is 19.5. The predicted octanol–water partition coefficient (Wildman–Crippen LogP) is 4.18. The van der Waals surface area contributed by atoms with Gasteiger partial charge in [0, 0.05) is 26.1 Å². The average molecular weight is 397 g/mol. The molecule has 2 fully saturated rings. The lowest BCUT2D eigenvalue weighted by molar-refractivity contribution is -0.144. The van der Waals surface area contributed by atoms with Gasteiger partial charge in [0.15, 0.2) is 0 Å². The zero-order valence-corrected chi connectivity index (χ0v) is 16.7. The molecule has 0 N–H and O–H groups in total. The van der Waals surface area contributed by atoms with E-state index in [4.69, 9.17) is 23.2 Å². The maximum Gasteiger partial charge on any atom is 0.245 e. The van der Waals surface area contributed by atoms with Crippen molar-refractivity contribution in [2.75, 3.05) is 19.6 Å². The highest BCUT2D eigenvalue weighted by molar-refractivity contribution is 6.42. The lowest BCUT2D eigenvalue weighted by Gasteiger charge is -2.34. The van der Waals surface area contributed by atoms with E-state index in [1.54, 1.807) is 17.0 Å². The van der Waals surface area contributed by atoms with E-state index in [9.17, 15) is 9.59 Å². The molecule has 2 amide bonds. The minimum absolute atomic E-state index is 0.0531. The molecule has 2 heterocycles. The number of carbonyl (C=O) groups excluding carboxylic acids is 2. The van der Waals surface area contributed by atoms with E-state index in [0.717, 1.165) is 44.3 Å². The van der Waals surface area contributed by atoms with Crippen LogP contribution in [0.3, 0.4) is 0 Å². The largest absolute Gasteiger partial charge is 0.341 e. The zero-order valence-electron chi connectivity index (χ0n) is 15.2. The van der Waals surface area contributed by atoms with Crippen LogP contribution in [0.25, 0.3) is 0 Å². The van der Waals surface area contributed by atoms with Crippen molar-refractivity contribution in [1.29, 1.82) is 0 Å². The van der Waals surface area contributed by atoms with E-state index in [0.29, 0.717) is 35.3 Å². The summed E-state index contributed by atoms with van der Waals surface area (Å²) in [5.41, 5.74) is 0.986. The third-order valence-corrected chi connectivity index (χ3v) is 6.30. The molecule has 6 heteroatoms. The van der Waals surface area contributed by atoms with E-state index in [1.807, 2.05) is 11.0 Å². The molecule has 0 spiro atoms. The van der Waals surface area contributed by atoms with Gasteiger partial charge in [-0.2, -0.15) is 0 Å². The van der Waals surface area contributed by atoms with E-state index in [2.05, 4.69) is 6.92 Å². The molecule has 2 saturated heterocycles. The van der Waals surface area contributed by atoms with Gasteiger partial charge in [-0.15, -0.1) is 0 Å². The van der Waals surface area contributed by atoms with E-state index >= 15 is 0 Å². The summed E-state index contributed by atoms with van der Waals surface area (Å²) >= 11 is 12.0. The Morgan fingerprint density at radius 2 is 1.81 bits per heavy atom. The van der Waals surface area contributed by atoms with Crippen LogP contribution in [-0.4, -0.2) is 47.3 Å². The number of carbonyl (C=O) groups is 2. The second kappa shape index (κ2) is 8.62. The van der Waals surface area contributed by atoms with Gasteiger partial charge >= 0.3 is 0 Å². The number of halogens is 2. The Hall–Kier alpha value is -1.26. The van der Waals surface area contributed by atoms with Crippen LogP contribution in [0.5, 0.6) is 0 Å². The first-order chi connectivity index (χ1) is 12.5. The second-order valence-electron chi connectivity index (χ2n) is 7.50. The molecule has 1 aromatic carbocycles. The zero-order chi connectivity index (χ0) is 18.7. The van der Waals surface area contributed by atoms with Crippen LogP contribution in [0.15, 0.2) is 18.2 Å². The number of hydrogen-bond acceptors (Lipinski definition) is 2. The molecular weight excluding hydrogens is 371 g/mol. The van der Waals surface area contributed by atoms with Crippen LogP contribution in [0.1, 0.15) is 44.6 Å². The van der Waals surface area contributed by atoms with Gasteiger partial charge in [-0.1, -0.05) is 36.2 Å². The predicted molar refractivity (Wildman–Crippen MR) is 104 cm³/mol. The average Bonchev–Trinajstić information content (AvgIpc) is 3.12. The Bertz CT molecular complexity index is 672. The summed E-state index contributed by atoms with van der Waals surface area (Å²) in [5, 5.41) is 1.02. The normalized spacial score (nSPS) is 21.3. The van der Waals surface area contributed by atoms with Gasteiger partial charge in [0.1, 0.15) is 6.04 Å². The minimum atomic E-state index is -0.273. The topological polar surface area (TPSA) is 40.6 Å². The number of rotatable bonds is 4. The molecule has 142 valence electrons. The fourth-order valence-corrected chi connectivity index (χ4v) is 4.17. The van der Waals surface area contributed by atoms with Gasteiger partial charge in [-0.05, 0) is 55.7 Å². The maximum absolute atomic E-state index is 12.9. The summed E-state index contributed by atoms with van der Waals surface area (Å²) in [5.74, 6) is 0.876. The van der Waals surface area contributed by atoms with Crippen molar-refractivity contribution < 1.29 is 9.59 Å². The Morgan fingerprint density at radius 3 is 2.50 bits per heavy atom. The molecule has 0 aromatic heterocycles. The molecule has 0 aliphatic carbocycles. The van der Waals surface area contributed by atoms with Crippen LogP contribution >= 0.6 is 23.2 Å². The second-order valence-corrected chi connectivity index (χ2v) is 8.32. The molecule has 26 heavy (non-hydrogen) atoms. The number of hydrogen-bond donors (Lipinski definition) is 0. The van der Waals surface area contributed by atoms with E-state index in [1.165, 1.54) is 0 Å². The van der Waals surface area contributed by atoms with Crippen molar-refractivity contribution in [2.45, 2.75) is 51.5 Å². The highest BCUT2D eigenvalue weighted by Crippen LogP contribution is 2.26. The third-order valence-electron chi connectivity index (χ3n) is 5.57. The molecule has 0 saturated carbocycles. The minimum Gasteiger partial charge on any atom is -0.341 e. The molecule has 1 aromatic rings. The Labute approximate surface area is 165 Å². The summed E-state index contributed by atoms with van der Waals surface area (Å²) in [4.78, 5) is 29.3. The van der Waals surface area contributed by atoms with Crippen LogP contribution in [0.4, 0.5) is 0 Å². The molecule has 2 aliphatic heterocycles. The summed E-state index contributed by atoms with van der Waals surface area (Å²) in [6, 6.07) is 5.18. The first-order valence-electron chi connectivity index (χ1n) is 9.48. The Balaban J connectivity index is 1.57. The lowest BCUT2D eigenvalue weighted by atomic mass is 9.98. The van der Waals surface area contributed by atoms with Crippen molar-refractivity contribution in [3.63, 3.8) is 0 Å². The smallest absolute Gasteiger partial charge is 0.245 e. The third kappa shape index (κ3) is 4.52. The van der Waals surface area contributed by atoms with Crippen LogP contribution in [0, 0.1) is 5.92 Å². The van der Waals surface area contributed by atoms with Crippen LogP contribution < -0.4 is 0 Å². The molecule has 1 atom stereocenters. The molecule has 2 aliphatic rings. The molecule has 0 bridgehead atoms. The molecule has 0 radical (unpaired) electrons. The number of aryl methyl sites for hydroxylation is 1. The Morgan fingerprint density at radius 1 is 1.08 bits per heavy atom. The molecular formula is C20H26Cl2N2O2. The van der Waals surface area contributed by atoms with E-state index < -0.39 is 0 Å². The highest BCUT2D eigenvalue weighted by Gasteiger charge is 2.36. The van der Waals surface area contributed by atoms with Gasteiger partial charge in [0.2, 0.25) is 11.8 Å². The molecule has 0 unspecified atom stereocenters. The van der Waals surface area contributed by atoms with Gasteiger partial charge < -0.3 is 9.80 Å². The number of amides is 2. The lowest BCUT2D eigenvalue weighted by Crippen LogP contribution is -2.49. The van der Waals surface area contributed by atoms with Gasteiger partial charge in [0.25, 0.3) is 0 Å². The first-order valence-corrected chi connectivity index (χ1v) is 10.2. The summed E-state index contributed by atoms with van der Waals surface area (Å²) < 4.78 is 0. The van der Waals surface area contributed by atoms with E-state index in [-0.39, 0.29) is 17.9 Å². The number of piperidine rings is 1. The van der Waals surface area contributed by atoms with Gasteiger partial charge in [-0.25, -0.2) is 0 Å². The van der Waals surface area contributed by atoms with Crippen molar-refractivity contribution in [1.82, 2.24) is 9.80 Å². The summed E-state index contributed by atoms with van der Waals surface area (Å²) in [6.45, 7) is 4.56. The fourth-order valence-electron chi connectivity index (χ4n) is 3.85. The van der Waals surface area contributed by atoms with Crippen molar-refractivity contribution in [2.24, 2.45) is 5.92 Å². The fraction of sp³-hybridized carbons (Fsp3) is 0.600. The van der Waals surface area contributed by atoms with Crippen molar-refractivity contribution >= 4 is 35.0 Å². The number of likely N-dealkylation sites (tertiary alicyclic amines) is 2. The number of benzene rings is 1. The maximum atomic E-state index is 12.9. The van der Waals surface area contributed by atoms with Gasteiger partial charge in [0.05, 0.1) is 10.0 Å². The monoisotopic (exact) mass is 396 g/mol. The molecule has 4 nitrogen and oxygen atoms in total. The van der Waals surface area contributed by atoms with Gasteiger partial charge in [-0.3, -0.25) is 9.59 Å². The van der Waals surface area contributed by atoms with Crippen molar-refractivity contribution in [3.8, 4) is 0 Å². The summed E-state index contributed by atoms with van der Waals surface area (Å²) in [7, 11) is 0. The van der Waals surface area contributed by atoms with Crippen molar-refractivity contribution in [3.05, 3.63) is 33.8 Å². The highest BCUT2D eigenvalue weighted by atomic mass is 35.5. The van der Waals surface area contributed by atoms with Crippen LogP contribution in [-0.2, 0) is 16.0 Å². The quantitative estimate of drug-likeness (QED) is 0.765. The summed E-state index contributed by atoms with van der Waals surface area (Å²) in [6.07, 6.45) is 4.79. The number of nitrogens with zero attached hydrogens (tertiary/aromatic N) is 2.